The fraction of sp³-hybridized carbons (Fsp3) is 0.345. The molecule has 4 aromatic rings. The number of amides is 2. The van der Waals surface area contributed by atoms with Gasteiger partial charge in [-0.1, -0.05) is 30.3 Å². The minimum Gasteiger partial charge on any atom is -0.497 e. The fourth-order valence-corrected chi connectivity index (χ4v) is 4.12. The largest absolute Gasteiger partial charge is 0.497 e. The molecule has 0 fully saturated rings. The molecule has 0 aliphatic heterocycles. The molecule has 2 amide bonds. The van der Waals surface area contributed by atoms with E-state index in [0.29, 0.717) is 29.0 Å². The number of carbonyl (C=O) groups is 2. The molecule has 0 bridgehead atoms. The first-order valence-electron chi connectivity index (χ1n) is 13.2. The molecule has 2 aromatic carbocycles. The average molecular weight is 577 g/mol. The minimum absolute atomic E-state index is 0.0307. The number of benzene rings is 2. The van der Waals surface area contributed by atoms with Crippen LogP contribution in [0.5, 0.6) is 11.5 Å². The highest BCUT2D eigenvalue weighted by Crippen LogP contribution is 2.32. The summed E-state index contributed by atoms with van der Waals surface area (Å²) in [6, 6.07) is 14.5. The van der Waals surface area contributed by atoms with E-state index in [1.165, 1.54) is 14.2 Å². The Morgan fingerprint density at radius 2 is 1.60 bits per heavy atom. The van der Waals surface area contributed by atoms with Crippen LogP contribution in [0.2, 0.25) is 0 Å². The van der Waals surface area contributed by atoms with Crippen molar-refractivity contribution in [3.05, 3.63) is 54.1 Å². The number of methoxy groups -OCH3 is 2. The number of carbonyl (C=O) groups excluding carboxylic acids is 2. The van der Waals surface area contributed by atoms with Crippen molar-refractivity contribution in [3.8, 4) is 22.9 Å². The predicted molar refractivity (Wildman–Crippen MR) is 160 cm³/mol. The van der Waals surface area contributed by atoms with Crippen molar-refractivity contribution in [1.29, 1.82) is 0 Å². The summed E-state index contributed by atoms with van der Waals surface area (Å²) in [5.74, 6) is 1.18. The number of alkyl carbamates (subject to hydrolysis) is 1. The maximum absolute atomic E-state index is 12.8. The van der Waals surface area contributed by atoms with Gasteiger partial charge in [0.1, 0.15) is 22.7 Å². The minimum atomic E-state index is -0.770. The van der Waals surface area contributed by atoms with E-state index in [2.05, 4.69) is 26.1 Å². The van der Waals surface area contributed by atoms with E-state index in [9.17, 15) is 9.59 Å². The number of anilines is 3. The molecule has 4 rings (SSSR count). The topological polar surface area (TPSA) is 167 Å². The van der Waals surface area contributed by atoms with Gasteiger partial charge in [-0.3, -0.25) is 4.79 Å². The molecule has 0 unspecified atom stereocenters. The van der Waals surface area contributed by atoms with Crippen LogP contribution in [0.4, 0.5) is 22.2 Å². The highest BCUT2D eigenvalue weighted by molar-refractivity contribution is 6.04. The molecular formula is C29H36N8O5. The molecule has 0 radical (unpaired) electrons. The van der Waals surface area contributed by atoms with E-state index >= 15 is 0 Å². The number of hydrogen-bond donors (Lipinski definition) is 4. The number of nitrogens with zero attached hydrogens (tertiary/aromatic N) is 4. The number of fused-ring (bicyclic) bond motifs is 1. The summed E-state index contributed by atoms with van der Waals surface area (Å²) in [4.78, 5) is 30.1. The number of nitrogens with one attached hydrogen (secondary N) is 3. The highest BCUT2D eigenvalue weighted by Gasteiger charge is 2.28. The second-order valence-electron chi connectivity index (χ2n) is 11.2. The summed E-state index contributed by atoms with van der Waals surface area (Å²) < 4.78 is 17.8. The molecule has 2 heterocycles. The molecule has 13 heteroatoms. The Bertz CT molecular complexity index is 1570. The number of aromatic nitrogens is 4. The van der Waals surface area contributed by atoms with E-state index < -0.39 is 23.1 Å². The van der Waals surface area contributed by atoms with Crippen molar-refractivity contribution in [2.24, 2.45) is 5.73 Å². The van der Waals surface area contributed by atoms with Gasteiger partial charge in [-0.25, -0.2) is 9.20 Å². The van der Waals surface area contributed by atoms with Gasteiger partial charge >= 0.3 is 6.09 Å². The van der Waals surface area contributed by atoms with Gasteiger partial charge in [0.2, 0.25) is 5.95 Å². The molecule has 13 nitrogen and oxygen atoms in total. The van der Waals surface area contributed by atoms with Gasteiger partial charge in [-0.15, -0.1) is 10.2 Å². The molecule has 0 aliphatic carbocycles. The average Bonchev–Trinajstić information content (AvgIpc) is 3.35. The second-order valence-corrected chi connectivity index (χ2v) is 11.2. The predicted octanol–water partition coefficient (Wildman–Crippen LogP) is 4.37. The lowest BCUT2D eigenvalue weighted by molar-refractivity contribution is 0.0477. The lowest BCUT2D eigenvalue weighted by Gasteiger charge is -2.29. The third-order valence-electron chi connectivity index (χ3n) is 5.97. The lowest BCUT2D eigenvalue weighted by atomic mass is 10.1. The van der Waals surface area contributed by atoms with Gasteiger partial charge in [-0.05, 0) is 34.6 Å². The van der Waals surface area contributed by atoms with Gasteiger partial charge in [-0.2, -0.15) is 4.98 Å². The second kappa shape index (κ2) is 11.8. The molecule has 2 aromatic heterocycles. The van der Waals surface area contributed by atoms with Crippen molar-refractivity contribution in [2.75, 3.05) is 31.4 Å². The van der Waals surface area contributed by atoms with Gasteiger partial charge in [0.05, 0.1) is 19.8 Å². The van der Waals surface area contributed by atoms with Gasteiger partial charge in [0.15, 0.2) is 17.3 Å². The fourth-order valence-electron chi connectivity index (χ4n) is 4.12. The highest BCUT2D eigenvalue weighted by atomic mass is 16.6. The molecule has 0 saturated carbocycles. The zero-order valence-corrected chi connectivity index (χ0v) is 24.7. The summed E-state index contributed by atoms with van der Waals surface area (Å²) in [7, 11) is 3.07. The molecule has 42 heavy (non-hydrogen) atoms. The van der Waals surface area contributed by atoms with Crippen LogP contribution in [-0.4, -0.2) is 63.5 Å². The maximum atomic E-state index is 12.8. The summed E-state index contributed by atoms with van der Waals surface area (Å²) in [6.07, 6.45) is -0.555. The molecule has 0 atom stereocenters. The normalized spacial score (nSPS) is 11.6. The first-order chi connectivity index (χ1) is 19.8. The zero-order valence-electron chi connectivity index (χ0n) is 24.7. The SMILES string of the molecule is COc1cc(Nc2nc(NCC(C)(C)NC(=O)OC(C)(C)C)n3c(-c4ccccc4)nnc3c2C(N)=O)cc(OC)c1. The summed E-state index contributed by atoms with van der Waals surface area (Å²) in [5.41, 5.74) is 5.94. The van der Waals surface area contributed by atoms with Crippen LogP contribution >= 0.6 is 0 Å². The molecular weight excluding hydrogens is 540 g/mol. The van der Waals surface area contributed by atoms with Crippen LogP contribution in [0.15, 0.2) is 48.5 Å². The Balaban J connectivity index is 1.81. The third kappa shape index (κ3) is 6.97. The summed E-state index contributed by atoms with van der Waals surface area (Å²) in [6.45, 7) is 9.28. The van der Waals surface area contributed by atoms with Crippen molar-refractivity contribution in [2.45, 2.75) is 45.8 Å². The molecule has 0 aliphatic rings. The Labute approximate surface area is 243 Å². The Hall–Kier alpha value is -5.07. The van der Waals surface area contributed by atoms with Crippen LogP contribution in [-0.2, 0) is 4.74 Å². The summed E-state index contributed by atoms with van der Waals surface area (Å²) >= 11 is 0. The van der Waals surface area contributed by atoms with Crippen molar-refractivity contribution >= 4 is 35.1 Å². The van der Waals surface area contributed by atoms with Crippen molar-refractivity contribution < 1.29 is 23.8 Å². The molecule has 0 saturated heterocycles. The Morgan fingerprint density at radius 3 is 2.17 bits per heavy atom. The van der Waals surface area contributed by atoms with E-state index in [4.69, 9.17) is 24.9 Å². The maximum Gasteiger partial charge on any atom is 0.408 e. The standard InChI is InChI=1S/C29H36N8O5/c1-28(2,3)42-27(39)34-29(4,5)16-31-26-33-23(32-18-13-19(40-6)15-20(14-18)41-7)21(22(30)38)25-36-35-24(37(25)26)17-11-9-8-10-12-17/h8-15,32H,16H2,1-7H3,(H2,30,38)(H,31,33)(H,34,39). The first-order valence-corrected chi connectivity index (χ1v) is 13.2. The number of rotatable bonds is 10. The van der Waals surface area contributed by atoms with Gasteiger partial charge in [0.25, 0.3) is 5.91 Å². The monoisotopic (exact) mass is 576 g/mol. The van der Waals surface area contributed by atoms with Crippen molar-refractivity contribution in [3.63, 3.8) is 0 Å². The third-order valence-corrected chi connectivity index (χ3v) is 5.97. The van der Waals surface area contributed by atoms with Gasteiger partial charge < -0.3 is 35.9 Å². The van der Waals surface area contributed by atoms with E-state index in [1.54, 1.807) is 43.4 Å². The van der Waals surface area contributed by atoms with Crippen molar-refractivity contribution in [1.82, 2.24) is 24.9 Å². The van der Waals surface area contributed by atoms with Gasteiger partial charge in [0, 0.05) is 36.0 Å². The quantitative estimate of drug-likeness (QED) is 0.213. The lowest BCUT2D eigenvalue weighted by Crippen LogP contribution is -2.50. The molecule has 0 spiro atoms. The number of primary amides is 1. The van der Waals surface area contributed by atoms with Crippen LogP contribution in [0.1, 0.15) is 45.0 Å². The first kappa shape index (κ1) is 29.9. The van der Waals surface area contributed by atoms with E-state index in [0.717, 1.165) is 5.56 Å². The molecule has 222 valence electrons. The number of nitrogens with two attached hydrogens (primary N) is 1. The van der Waals surface area contributed by atoms with E-state index in [1.807, 2.05) is 44.2 Å². The number of ether oxygens (including phenoxy) is 3. The smallest absolute Gasteiger partial charge is 0.408 e. The van der Waals surface area contributed by atoms with E-state index in [-0.39, 0.29) is 23.6 Å². The van der Waals surface area contributed by atoms with Crippen LogP contribution < -0.4 is 31.2 Å². The van der Waals surface area contributed by atoms with Crippen LogP contribution in [0, 0.1) is 0 Å². The molecule has 5 N–H and O–H groups in total. The zero-order chi connectivity index (χ0) is 30.7. The Morgan fingerprint density at radius 1 is 0.952 bits per heavy atom. The van der Waals surface area contributed by atoms with Crippen LogP contribution in [0.25, 0.3) is 17.0 Å². The Kier molecular flexibility index (Phi) is 8.41. The summed E-state index contributed by atoms with van der Waals surface area (Å²) in [5, 5.41) is 18.0. The van der Waals surface area contributed by atoms with Crippen LogP contribution in [0.3, 0.4) is 0 Å². The number of hydrogen-bond acceptors (Lipinski definition) is 10.